The van der Waals surface area contributed by atoms with Gasteiger partial charge in [-0.05, 0) is 75.4 Å². The van der Waals surface area contributed by atoms with Crippen LogP contribution in [0.5, 0.6) is 0 Å². The van der Waals surface area contributed by atoms with Gasteiger partial charge in [0.05, 0.1) is 15.8 Å². The molecule has 1 aromatic carbocycles. The first-order valence-corrected chi connectivity index (χ1v) is 14.7. The quantitative estimate of drug-likeness (QED) is 0.548. The zero-order valence-electron chi connectivity index (χ0n) is 20.8. The second-order valence-electron chi connectivity index (χ2n) is 9.95. The molecule has 200 valence electrons. The van der Waals surface area contributed by atoms with Crippen molar-refractivity contribution in [2.24, 2.45) is 0 Å². The molecule has 1 aromatic heterocycles. The Morgan fingerprint density at radius 2 is 2.00 bits per heavy atom. The fourth-order valence-electron chi connectivity index (χ4n) is 4.22. The maximum absolute atomic E-state index is 15.6. The van der Waals surface area contributed by atoms with Gasteiger partial charge in [0.1, 0.15) is 17.1 Å². The van der Waals surface area contributed by atoms with Crippen molar-refractivity contribution in [2.75, 3.05) is 23.7 Å². The summed E-state index contributed by atoms with van der Waals surface area (Å²) in [4.78, 5) is 29.1. The number of fused-ring (bicyclic) bond motifs is 1. The van der Waals surface area contributed by atoms with E-state index in [2.05, 4.69) is 4.72 Å². The van der Waals surface area contributed by atoms with E-state index in [9.17, 15) is 18.0 Å². The first kappa shape index (κ1) is 27.4. The van der Waals surface area contributed by atoms with Crippen molar-refractivity contribution in [3.05, 3.63) is 62.2 Å². The molecule has 0 radical (unpaired) electrons. The van der Waals surface area contributed by atoms with Gasteiger partial charge in [-0.25, -0.2) is 17.6 Å². The number of hydrogen-bond acceptors (Lipinski definition) is 6. The number of sulfonamides is 1. The summed E-state index contributed by atoms with van der Waals surface area (Å²) in [6.07, 6.45) is 2.19. The lowest BCUT2D eigenvalue weighted by atomic mass is 10.0. The molecule has 4 rings (SSSR count). The summed E-state index contributed by atoms with van der Waals surface area (Å²) in [6.45, 7) is 6.03. The van der Waals surface area contributed by atoms with Crippen LogP contribution in [0.3, 0.4) is 0 Å². The Bertz CT molecular complexity index is 1350. The highest BCUT2D eigenvalue weighted by Crippen LogP contribution is 2.32. The van der Waals surface area contributed by atoms with Gasteiger partial charge in [0.25, 0.3) is 5.91 Å². The largest absolute Gasteiger partial charge is 0.444 e. The second kappa shape index (κ2) is 10.6. The van der Waals surface area contributed by atoms with E-state index in [0.29, 0.717) is 34.8 Å². The maximum Gasteiger partial charge on any atom is 0.410 e. The van der Waals surface area contributed by atoms with Crippen LogP contribution in [-0.4, -0.2) is 49.8 Å². The molecule has 0 atom stereocenters. The molecular weight excluding hydrogens is 541 g/mol. The smallest absolute Gasteiger partial charge is 0.410 e. The summed E-state index contributed by atoms with van der Waals surface area (Å²) < 4.78 is 49.1. The van der Waals surface area contributed by atoms with Gasteiger partial charge in [-0.15, -0.1) is 11.3 Å². The Balaban J connectivity index is 1.44. The number of carbonyl (C=O) groups is 2. The van der Waals surface area contributed by atoms with Gasteiger partial charge in [-0.2, -0.15) is 0 Å². The third-order valence-electron chi connectivity index (χ3n) is 5.94. The normalized spacial score (nSPS) is 16.4. The topological polar surface area (TPSA) is 96.0 Å². The van der Waals surface area contributed by atoms with Gasteiger partial charge in [-0.3, -0.25) is 9.52 Å². The average molecular weight is 570 g/mol. The third kappa shape index (κ3) is 6.63. The van der Waals surface area contributed by atoms with Crippen LogP contribution in [0.15, 0.2) is 36.0 Å². The summed E-state index contributed by atoms with van der Waals surface area (Å²) in [6, 6.07) is 6.67. The fraction of sp³-hybridized carbons (Fsp3) is 0.440. The van der Waals surface area contributed by atoms with Crippen molar-refractivity contribution in [3.8, 4) is 0 Å². The SMILES string of the molecule is CC(C)(C)OC(=O)N1CCCc2c(ccc(N3CC=C(NS(=O)(=O)CCc4ccc(Cl)s4)C3=O)c2F)C1. The number of thiophene rings is 1. The molecule has 12 heteroatoms. The van der Waals surface area contributed by atoms with Gasteiger partial charge < -0.3 is 14.5 Å². The monoisotopic (exact) mass is 569 g/mol. The predicted molar refractivity (Wildman–Crippen MR) is 142 cm³/mol. The Hall–Kier alpha value is -2.63. The lowest BCUT2D eigenvalue weighted by molar-refractivity contribution is -0.114. The van der Waals surface area contributed by atoms with Gasteiger partial charge in [0.2, 0.25) is 10.0 Å². The zero-order chi connectivity index (χ0) is 27.0. The lowest BCUT2D eigenvalue weighted by Gasteiger charge is -2.26. The molecular formula is C25H29ClFN3O5S2. The molecule has 0 unspecified atom stereocenters. The zero-order valence-corrected chi connectivity index (χ0v) is 23.2. The lowest BCUT2D eigenvalue weighted by Crippen LogP contribution is -2.36. The van der Waals surface area contributed by atoms with Crippen LogP contribution in [0.1, 0.15) is 43.2 Å². The molecule has 0 spiro atoms. The molecule has 2 aliphatic heterocycles. The Morgan fingerprint density at radius 1 is 1.24 bits per heavy atom. The summed E-state index contributed by atoms with van der Waals surface area (Å²) >= 11 is 7.19. The Labute approximate surface area is 225 Å². The molecule has 0 saturated heterocycles. The maximum atomic E-state index is 15.6. The van der Waals surface area contributed by atoms with Crippen LogP contribution in [-0.2, 0) is 38.9 Å². The van der Waals surface area contributed by atoms with Gasteiger partial charge in [-0.1, -0.05) is 17.7 Å². The van der Waals surface area contributed by atoms with E-state index in [4.69, 9.17) is 16.3 Å². The number of amides is 2. The summed E-state index contributed by atoms with van der Waals surface area (Å²) in [7, 11) is -3.79. The van der Waals surface area contributed by atoms with Crippen molar-refractivity contribution in [1.82, 2.24) is 9.62 Å². The first-order valence-electron chi connectivity index (χ1n) is 11.9. The summed E-state index contributed by atoms with van der Waals surface area (Å²) in [5.74, 6) is -1.37. The van der Waals surface area contributed by atoms with E-state index >= 15 is 4.39 Å². The van der Waals surface area contributed by atoms with Crippen LogP contribution in [0.4, 0.5) is 14.9 Å². The minimum absolute atomic E-state index is 0.0387. The Kier molecular flexibility index (Phi) is 7.87. The number of halogens is 2. The van der Waals surface area contributed by atoms with E-state index in [1.807, 2.05) is 0 Å². The third-order valence-corrected chi connectivity index (χ3v) is 8.51. The minimum atomic E-state index is -3.79. The molecule has 0 bridgehead atoms. The number of ether oxygens (including phenoxy) is 1. The van der Waals surface area contributed by atoms with E-state index < -0.39 is 33.4 Å². The van der Waals surface area contributed by atoms with Crippen molar-refractivity contribution in [3.63, 3.8) is 0 Å². The van der Waals surface area contributed by atoms with Crippen molar-refractivity contribution in [2.45, 2.75) is 52.2 Å². The van der Waals surface area contributed by atoms with Gasteiger partial charge in [0.15, 0.2) is 0 Å². The molecule has 0 fully saturated rings. The number of benzene rings is 1. The van der Waals surface area contributed by atoms with Crippen molar-refractivity contribution >= 4 is 50.6 Å². The van der Waals surface area contributed by atoms with Gasteiger partial charge >= 0.3 is 6.09 Å². The summed E-state index contributed by atoms with van der Waals surface area (Å²) in [5, 5.41) is 0. The van der Waals surface area contributed by atoms with E-state index in [0.717, 1.165) is 4.88 Å². The number of rotatable bonds is 6. The average Bonchev–Trinajstić information content (AvgIpc) is 3.28. The van der Waals surface area contributed by atoms with Crippen molar-refractivity contribution < 1.29 is 27.1 Å². The molecule has 0 saturated carbocycles. The first-order chi connectivity index (χ1) is 17.3. The molecule has 0 aliphatic carbocycles. The second-order valence-corrected chi connectivity index (χ2v) is 13.6. The van der Waals surface area contributed by atoms with Gasteiger partial charge in [0, 0.05) is 24.5 Å². The highest BCUT2D eigenvalue weighted by atomic mass is 35.5. The highest BCUT2D eigenvalue weighted by Gasteiger charge is 2.32. The minimum Gasteiger partial charge on any atom is -0.444 e. The standard InChI is InChI=1S/C25H29ClFN3O5S2/c1-25(2,3)35-24(32)29-12-4-5-18-16(15-29)6-8-20(22(18)27)30-13-10-19(23(30)31)28-37(33,34)14-11-17-7-9-21(26)36-17/h6-10,28H,4-5,11-15H2,1-3H3. The van der Waals surface area contributed by atoms with Crippen LogP contribution in [0.25, 0.3) is 0 Å². The number of carbonyl (C=O) groups excluding carboxylic acids is 2. The number of anilines is 1. The number of nitrogens with one attached hydrogen (secondary N) is 1. The van der Waals surface area contributed by atoms with Crippen molar-refractivity contribution in [1.29, 1.82) is 0 Å². The van der Waals surface area contributed by atoms with E-state index in [1.165, 1.54) is 28.4 Å². The molecule has 2 aliphatic rings. The Morgan fingerprint density at radius 3 is 2.68 bits per heavy atom. The van der Waals surface area contributed by atoms with Crippen LogP contribution >= 0.6 is 22.9 Å². The van der Waals surface area contributed by atoms with Crippen LogP contribution in [0.2, 0.25) is 4.34 Å². The predicted octanol–water partition coefficient (Wildman–Crippen LogP) is 4.62. The molecule has 1 N–H and O–H groups in total. The van der Waals surface area contributed by atoms with E-state index in [-0.39, 0.29) is 36.6 Å². The molecule has 2 aromatic rings. The number of hydrogen-bond donors (Lipinski definition) is 1. The van der Waals surface area contributed by atoms with Crippen LogP contribution < -0.4 is 9.62 Å². The summed E-state index contributed by atoms with van der Waals surface area (Å²) in [5.41, 5.74) is 0.433. The number of nitrogens with zero attached hydrogens (tertiary/aromatic N) is 2. The fourth-order valence-corrected chi connectivity index (χ4v) is 6.53. The highest BCUT2D eigenvalue weighted by molar-refractivity contribution is 7.89. The molecule has 3 heterocycles. The molecule has 2 amide bonds. The molecule has 37 heavy (non-hydrogen) atoms. The number of aryl methyl sites for hydroxylation is 1. The molecule has 8 nitrogen and oxygen atoms in total. The van der Waals surface area contributed by atoms with E-state index in [1.54, 1.807) is 43.9 Å². The van der Waals surface area contributed by atoms with Crippen LogP contribution in [0, 0.1) is 5.82 Å².